The van der Waals surface area contributed by atoms with Crippen molar-refractivity contribution in [2.24, 2.45) is 0 Å². The molecule has 0 radical (unpaired) electrons. The van der Waals surface area contributed by atoms with E-state index in [1.54, 1.807) is 12.1 Å². The molecule has 0 N–H and O–H groups in total. The van der Waals surface area contributed by atoms with Crippen LogP contribution < -0.4 is 0 Å². The Morgan fingerprint density at radius 2 is 2.05 bits per heavy atom. The lowest BCUT2D eigenvalue weighted by atomic mass is 10.2. The Balaban J connectivity index is 2.20. The van der Waals surface area contributed by atoms with Gasteiger partial charge in [0, 0.05) is 27.8 Å². The summed E-state index contributed by atoms with van der Waals surface area (Å²) in [6.45, 7) is 0. The molecule has 0 unspecified atom stereocenters. The highest BCUT2D eigenvalue weighted by Gasteiger charge is 2.11. The third-order valence-corrected chi connectivity index (χ3v) is 4.13. The van der Waals surface area contributed by atoms with Crippen LogP contribution in [-0.2, 0) is 5.75 Å². The lowest BCUT2D eigenvalue weighted by molar-refractivity contribution is -0.384. The molecular weight excluding hydrogens is 296 g/mol. The van der Waals surface area contributed by atoms with E-state index in [0.717, 1.165) is 5.56 Å². The summed E-state index contributed by atoms with van der Waals surface area (Å²) in [4.78, 5) is 10.9. The molecule has 0 heterocycles. The fourth-order valence-corrected chi connectivity index (χ4v) is 2.88. The highest BCUT2D eigenvalue weighted by atomic mass is 35.5. The van der Waals surface area contributed by atoms with Crippen LogP contribution in [0, 0.1) is 21.4 Å². The number of hydrogen-bond donors (Lipinski definition) is 0. The maximum Gasteiger partial charge on any atom is 0.270 e. The molecule has 0 saturated carbocycles. The average molecular weight is 305 g/mol. The van der Waals surface area contributed by atoms with E-state index in [-0.39, 0.29) is 5.69 Å². The van der Waals surface area contributed by atoms with Crippen LogP contribution in [0.2, 0.25) is 5.02 Å². The van der Waals surface area contributed by atoms with Crippen molar-refractivity contribution in [3.8, 4) is 6.07 Å². The van der Waals surface area contributed by atoms with Crippen molar-refractivity contribution in [1.82, 2.24) is 0 Å². The Morgan fingerprint density at radius 3 is 2.70 bits per heavy atom. The zero-order valence-electron chi connectivity index (χ0n) is 10.2. The first-order chi connectivity index (χ1) is 9.61. The molecule has 0 aromatic heterocycles. The van der Waals surface area contributed by atoms with Crippen molar-refractivity contribution in [3.05, 3.63) is 68.7 Å². The van der Waals surface area contributed by atoms with Gasteiger partial charge in [-0.1, -0.05) is 29.8 Å². The van der Waals surface area contributed by atoms with Gasteiger partial charge in [0.2, 0.25) is 0 Å². The van der Waals surface area contributed by atoms with Gasteiger partial charge in [0.1, 0.15) is 6.07 Å². The van der Waals surface area contributed by atoms with Crippen molar-refractivity contribution in [1.29, 1.82) is 5.26 Å². The molecule has 20 heavy (non-hydrogen) atoms. The molecule has 0 saturated heterocycles. The predicted octanol–water partition coefficient (Wildman–Crippen LogP) is 4.41. The molecule has 6 heteroatoms. The Bertz CT molecular complexity index is 698. The monoisotopic (exact) mass is 304 g/mol. The number of benzene rings is 2. The zero-order valence-corrected chi connectivity index (χ0v) is 11.8. The number of non-ortho nitro benzene ring substituents is 1. The second-order valence-electron chi connectivity index (χ2n) is 3.93. The van der Waals surface area contributed by atoms with Crippen molar-refractivity contribution in [3.63, 3.8) is 0 Å². The van der Waals surface area contributed by atoms with E-state index in [1.807, 2.05) is 24.3 Å². The molecule has 0 aliphatic heterocycles. The molecule has 0 bridgehead atoms. The smallest absolute Gasteiger partial charge is 0.258 e. The van der Waals surface area contributed by atoms with Crippen LogP contribution in [-0.4, -0.2) is 4.92 Å². The molecule has 0 aliphatic carbocycles. The molecule has 4 nitrogen and oxygen atoms in total. The number of nitro benzene ring substituents is 1. The van der Waals surface area contributed by atoms with Crippen molar-refractivity contribution in [2.75, 3.05) is 0 Å². The van der Waals surface area contributed by atoms with Gasteiger partial charge >= 0.3 is 0 Å². The van der Waals surface area contributed by atoms with E-state index in [4.69, 9.17) is 16.9 Å². The molecule has 0 fully saturated rings. The van der Waals surface area contributed by atoms with Crippen LogP contribution in [0.1, 0.15) is 11.1 Å². The Hall–Kier alpha value is -2.03. The van der Waals surface area contributed by atoms with Crippen LogP contribution >= 0.6 is 23.4 Å². The molecule has 0 aliphatic rings. The molecule has 2 rings (SSSR count). The summed E-state index contributed by atoms with van der Waals surface area (Å²) >= 11 is 7.49. The Morgan fingerprint density at radius 1 is 1.30 bits per heavy atom. The van der Waals surface area contributed by atoms with E-state index in [2.05, 4.69) is 0 Å². The number of halogens is 1. The standard InChI is InChI=1S/C14H9ClN2O2S/c15-13-4-2-1-3-10(13)9-20-14-6-5-12(17(18)19)7-11(14)8-16/h1-7H,9H2. The van der Waals surface area contributed by atoms with Gasteiger partial charge in [0.05, 0.1) is 10.5 Å². The van der Waals surface area contributed by atoms with E-state index in [9.17, 15) is 10.1 Å². The number of nitro groups is 1. The zero-order chi connectivity index (χ0) is 14.5. The minimum absolute atomic E-state index is 0.0800. The molecule has 0 amide bonds. The Labute approximate surface area is 125 Å². The summed E-state index contributed by atoms with van der Waals surface area (Å²) in [5.74, 6) is 0.603. The lowest BCUT2D eigenvalue weighted by Gasteiger charge is -2.05. The summed E-state index contributed by atoms with van der Waals surface area (Å²) < 4.78 is 0. The summed E-state index contributed by atoms with van der Waals surface area (Å²) in [6.07, 6.45) is 0. The van der Waals surface area contributed by atoms with Gasteiger partial charge in [0.15, 0.2) is 0 Å². The molecule has 2 aromatic rings. The normalized spacial score (nSPS) is 10.0. The summed E-state index contributed by atoms with van der Waals surface area (Å²) in [5.41, 5.74) is 1.18. The SMILES string of the molecule is N#Cc1cc([N+](=O)[O-])ccc1SCc1ccccc1Cl. The van der Waals surface area contributed by atoms with E-state index >= 15 is 0 Å². The fourth-order valence-electron chi connectivity index (χ4n) is 1.62. The second-order valence-corrected chi connectivity index (χ2v) is 5.35. The van der Waals surface area contributed by atoms with Crippen LogP contribution in [0.15, 0.2) is 47.4 Å². The predicted molar refractivity (Wildman–Crippen MR) is 78.8 cm³/mol. The van der Waals surface area contributed by atoms with E-state index in [1.165, 1.54) is 23.9 Å². The van der Waals surface area contributed by atoms with Gasteiger partial charge in [-0.2, -0.15) is 5.26 Å². The third kappa shape index (κ3) is 3.29. The molecule has 2 aromatic carbocycles. The topological polar surface area (TPSA) is 66.9 Å². The Kier molecular flexibility index (Phi) is 4.61. The van der Waals surface area contributed by atoms with Gasteiger partial charge in [0.25, 0.3) is 5.69 Å². The summed E-state index contributed by atoms with van der Waals surface area (Å²) in [5, 5.41) is 20.4. The van der Waals surface area contributed by atoms with E-state index in [0.29, 0.717) is 21.2 Å². The van der Waals surface area contributed by atoms with Crippen LogP contribution in [0.25, 0.3) is 0 Å². The molecule has 100 valence electrons. The van der Waals surface area contributed by atoms with Crippen LogP contribution in [0.5, 0.6) is 0 Å². The first-order valence-corrected chi connectivity index (χ1v) is 7.03. The van der Waals surface area contributed by atoms with Crippen molar-refractivity contribution >= 4 is 29.1 Å². The number of rotatable bonds is 4. The quantitative estimate of drug-likeness (QED) is 0.476. The lowest BCUT2D eigenvalue weighted by Crippen LogP contribution is -1.91. The minimum atomic E-state index is -0.511. The largest absolute Gasteiger partial charge is 0.270 e. The number of thioether (sulfide) groups is 1. The maximum absolute atomic E-state index is 10.7. The fraction of sp³-hybridized carbons (Fsp3) is 0.0714. The highest BCUT2D eigenvalue weighted by molar-refractivity contribution is 7.98. The van der Waals surface area contributed by atoms with Gasteiger partial charge < -0.3 is 0 Å². The number of hydrogen-bond acceptors (Lipinski definition) is 4. The van der Waals surface area contributed by atoms with Crippen molar-refractivity contribution in [2.45, 2.75) is 10.6 Å². The number of nitriles is 1. The molecule has 0 atom stereocenters. The second kappa shape index (κ2) is 6.42. The minimum Gasteiger partial charge on any atom is -0.258 e. The third-order valence-electron chi connectivity index (χ3n) is 2.64. The summed E-state index contributed by atoms with van der Waals surface area (Å²) in [6, 6.07) is 13.7. The van der Waals surface area contributed by atoms with Gasteiger partial charge in [-0.05, 0) is 17.7 Å². The first kappa shape index (κ1) is 14.4. The maximum atomic E-state index is 10.7. The van der Waals surface area contributed by atoms with Gasteiger partial charge in [-0.15, -0.1) is 11.8 Å². The van der Waals surface area contributed by atoms with Gasteiger partial charge in [-0.25, -0.2) is 0 Å². The molecular formula is C14H9ClN2O2S. The number of nitrogens with zero attached hydrogens (tertiary/aromatic N) is 2. The first-order valence-electron chi connectivity index (χ1n) is 5.66. The highest BCUT2D eigenvalue weighted by Crippen LogP contribution is 2.30. The summed E-state index contributed by atoms with van der Waals surface area (Å²) in [7, 11) is 0. The van der Waals surface area contributed by atoms with Crippen LogP contribution in [0.4, 0.5) is 5.69 Å². The van der Waals surface area contributed by atoms with Crippen LogP contribution in [0.3, 0.4) is 0 Å². The van der Waals surface area contributed by atoms with Crippen molar-refractivity contribution < 1.29 is 4.92 Å². The molecule has 0 spiro atoms. The van der Waals surface area contributed by atoms with Gasteiger partial charge in [-0.3, -0.25) is 10.1 Å². The van der Waals surface area contributed by atoms with E-state index < -0.39 is 4.92 Å². The average Bonchev–Trinajstić information content (AvgIpc) is 2.46.